The summed E-state index contributed by atoms with van der Waals surface area (Å²) in [7, 11) is 1.84. The van der Waals surface area contributed by atoms with E-state index in [0.29, 0.717) is 11.7 Å². The summed E-state index contributed by atoms with van der Waals surface area (Å²) in [5.74, 6) is 1.09. The second-order valence-corrected chi connectivity index (χ2v) is 5.20. The van der Waals surface area contributed by atoms with Gasteiger partial charge in [0.25, 0.3) is 0 Å². The molecule has 0 saturated carbocycles. The van der Waals surface area contributed by atoms with E-state index in [0.717, 1.165) is 29.8 Å². The van der Waals surface area contributed by atoms with Gasteiger partial charge in [0.2, 0.25) is 5.91 Å². The van der Waals surface area contributed by atoms with E-state index < -0.39 is 0 Å². The highest BCUT2D eigenvalue weighted by Gasteiger charge is 2.29. The second-order valence-electron chi connectivity index (χ2n) is 5.20. The molecule has 1 aliphatic heterocycles. The number of anilines is 1. The molecule has 0 radical (unpaired) electrons. The van der Waals surface area contributed by atoms with Crippen molar-refractivity contribution in [2.75, 3.05) is 18.4 Å². The zero-order valence-corrected chi connectivity index (χ0v) is 11.3. The molecule has 1 aliphatic rings. The molecule has 0 spiro atoms. The van der Waals surface area contributed by atoms with Crippen LogP contribution in [0.1, 0.15) is 12.6 Å². The minimum atomic E-state index is -0.00317. The lowest BCUT2D eigenvalue weighted by Crippen LogP contribution is -2.48. The van der Waals surface area contributed by atoms with E-state index in [9.17, 15) is 4.79 Å². The SMILES string of the molecule is Cc1nn(C)c2n[nH]c(NC(=O)C(C)C3CNC3)c12. The third-order valence-corrected chi connectivity index (χ3v) is 3.90. The Hall–Kier alpha value is -1.89. The van der Waals surface area contributed by atoms with Crippen molar-refractivity contribution in [2.24, 2.45) is 18.9 Å². The molecule has 3 N–H and O–H groups in total. The van der Waals surface area contributed by atoms with E-state index in [1.54, 1.807) is 4.68 Å². The maximum Gasteiger partial charge on any atom is 0.228 e. The number of rotatable bonds is 3. The lowest BCUT2D eigenvalue weighted by molar-refractivity contribution is -0.121. The first kappa shape index (κ1) is 12.2. The summed E-state index contributed by atoms with van der Waals surface area (Å²) in [6.45, 7) is 5.70. The molecule has 1 amide bonds. The lowest BCUT2D eigenvalue weighted by atomic mass is 9.88. The highest BCUT2D eigenvalue weighted by Crippen LogP contribution is 2.25. The van der Waals surface area contributed by atoms with Crippen LogP contribution in [0.3, 0.4) is 0 Å². The van der Waals surface area contributed by atoms with Crippen molar-refractivity contribution in [3.8, 4) is 0 Å². The molecule has 1 unspecified atom stereocenters. The topological polar surface area (TPSA) is 87.6 Å². The number of fused-ring (bicyclic) bond motifs is 1. The normalized spacial score (nSPS) is 17.4. The predicted octanol–water partition coefficient (Wildman–Crippen LogP) is 0.399. The zero-order chi connectivity index (χ0) is 13.6. The van der Waals surface area contributed by atoms with Gasteiger partial charge < -0.3 is 10.6 Å². The number of aromatic nitrogens is 4. The minimum absolute atomic E-state index is 0.00317. The van der Waals surface area contributed by atoms with E-state index in [-0.39, 0.29) is 11.8 Å². The van der Waals surface area contributed by atoms with Gasteiger partial charge in [0.15, 0.2) is 5.65 Å². The monoisotopic (exact) mass is 262 g/mol. The van der Waals surface area contributed by atoms with E-state index in [4.69, 9.17) is 0 Å². The van der Waals surface area contributed by atoms with Gasteiger partial charge in [0, 0.05) is 13.0 Å². The third-order valence-electron chi connectivity index (χ3n) is 3.90. The van der Waals surface area contributed by atoms with Crippen LogP contribution >= 0.6 is 0 Å². The standard InChI is InChI=1S/C12H18N6O/c1-6(8-4-13-5-8)12(19)14-10-9-7(2)17-18(3)11(9)16-15-10/h6,8,13H,4-5H2,1-3H3,(H2,14,15,16,19). The Labute approximate surface area is 110 Å². The first-order chi connectivity index (χ1) is 9.08. The average Bonchev–Trinajstić information content (AvgIpc) is 2.80. The molecule has 3 rings (SSSR count). The molecule has 1 saturated heterocycles. The van der Waals surface area contributed by atoms with Crippen LogP contribution in [-0.4, -0.2) is 39.0 Å². The molecule has 1 fully saturated rings. The summed E-state index contributed by atoms with van der Waals surface area (Å²) in [4.78, 5) is 12.2. The van der Waals surface area contributed by atoms with E-state index in [1.807, 2.05) is 20.9 Å². The molecule has 0 aromatic carbocycles. The quantitative estimate of drug-likeness (QED) is 0.747. The van der Waals surface area contributed by atoms with Crippen molar-refractivity contribution in [1.82, 2.24) is 25.3 Å². The van der Waals surface area contributed by atoms with Gasteiger partial charge >= 0.3 is 0 Å². The van der Waals surface area contributed by atoms with Crippen molar-refractivity contribution in [1.29, 1.82) is 0 Å². The number of carbonyl (C=O) groups is 1. The van der Waals surface area contributed by atoms with Gasteiger partial charge in [-0.2, -0.15) is 10.2 Å². The van der Waals surface area contributed by atoms with Crippen molar-refractivity contribution in [3.05, 3.63) is 5.69 Å². The number of hydrogen-bond donors (Lipinski definition) is 3. The molecule has 1 atom stereocenters. The highest BCUT2D eigenvalue weighted by molar-refractivity contribution is 6.00. The fourth-order valence-corrected chi connectivity index (χ4v) is 2.44. The molecular formula is C12H18N6O. The number of amides is 1. The van der Waals surface area contributed by atoms with Gasteiger partial charge in [-0.3, -0.25) is 9.89 Å². The van der Waals surface area contributed by atoms with Crippen LogP contribution in [0.2, 0.25) is 0 Å². The van der Waals surface area contributed by atoms with Gasteiger partial charge in [0.05, 0.1) is 11.1 Å². The number of aromatic amines is 1. The zero-order valence-electron chi connectivity index (χ0n) is 11.3. The number of hydrogen-bond acceptors (Lipinski definition) is 4. The fourth-order valence-electron chi connectivity index (χ4n) is 2.44. The van der Waals surface area contributed by atoms with Gasteiger partial charge in [0.1, 0.15) is 5.82 Å². The minimum Gasteiger partial charge on any atom is -0.316 e. The van der Waals surface area contributed by atoms with E-state index >= 15 is 0 Å². The van der Waals surface area contributed by atoms with Crippen LogP contribution in [0.4, 0.5) is 5.82 Å². The molecule has 2 aromatic rings. The molecule has 0 bridgehead atoms. The maximum absolute atomic E-state index is 12.2. The fraction of sp³-hybridized carbons (Fsp3) is 0.583. The second kappa shape index (κ2) is 4.34. The molecule has 2 aromatic heterocycles. The van der Waals surface area contributed by atoms with Gasteiger partial charge in [-0.05, 0) is 25.9 Å². The third kappa shape index (κ3) is 1.90. The molecule has 7 heteroatoms. The smallest absolute Gasteiger partial charge is 0.228 e. The summed E-state index contributed by atoms with van der Waals surface area (Å²) >= 11 is 0. The van der Waals surface area contributed by atoms with Crippen LogP contribution in [0, 0.1) is 18.8 Å². The Kier molecular flexibility index (Phi) is 2.78. The number of carbonyl (C=O) groups excluding carboxylic acids is 1. The number of H-pyrrole nitrogens is 1. The molecular weight excluding hydrogens is 244 g/mol. The molecule has 0 aliphatic carbocycles. The van der Waals surface area contributed by atoms with Crippen LogP contribution in [-0.2, 0) is 11.8 Å². The van der Waals surface area contributed by atoms with Crippen LogP contribution in [0.25, 0.3) is 11.0 Å². The van der Waals surface area contributed by atoms with Crippen molar-refractivity contribution in [2.45, 2.75) is 13.8 Å². The van der Waals surface area contributed by atoms with Crippen LogP contribution in [0.15, 0.2) is 0 Å². The summed E-state index contributed by atoms with van der Waals surface area (Å²) in [6.07, 6.45) is 0. The molecule has 102 valence electrons. The summed E-state index contributed by atoms with van der Waals surface area (Å²) < 4.78 is 1.70. The lowest BCUT2D eigenvalue weighted by Gasteiger charge is -2.31. The Bertz CT molecular complexity index is 623. The van der Waals surface area contributed by atoms with Gasteiger partial charge in [-0.1, -0.05) is 6.92 Å². The highest BCUT2D eigenvalue weighted by atomic mass is 16.2. The van der Waals surface area contributed by atoms with E-state index in [1.165, 1.54) is 0 Å². The van der Waals surface area contributed by atoms with E-state index in [2.05, 4.69) is 25.9 Å². The van der Waals surface area contributed by atoms with Crippen LogP contribution in [0.5, 0.6) is 0 Å². The van der Waals surface area contributed by atoms with Crippen LogP contribution < -0.4 is 10.6 Å². The maximum atomic E-state index is 12.2. The summed E-state index contributed by atoms with van der Waals surface area (Å²) in [6, 6.07) is 0. The number of aryl methyl sites for hydroxylation is 2. The summed E-state index contributed by atoms with van der Waals surface area (Å²) in [5, 5.41) is 18.4. The van der Waals surface area contributed by atoms with Crippen molar-refractivity contribution in [3.63, 3.8) is 0 Å². The molecule has 3 heterocycles. The molecule has 19 heavy (non-hydrogen) atoms. The number of nitrogens with one attached hydrogen (secondary N) is 3. The average molecular weight is 262 g/mol. The Balaban J connectivity index is 1.83. The largest absolute Gasteiger partial charge is 0.316 e. The Morgan fingerprint density at radius 3 is 2.89 bits per heavy atom. The van der Waals surface area contributed by atoms with Crippen molar-refractivity contribution < 1.29 is 4.79 Å². The first-order valence-corrected chi connectivity index (χ1v) is 6.47. The van der Waals surface area contributed by atoms with Gasteiger partial charge in [-0.25, -0.2) is 4.68 Å². The van der Waals surface area contributed by atoms with Gasteiger partial charge in [-0.15, -0.1) is 0 Å². The summed E-state index contributed by atoms with van der Waals surface area (Å²) in [5.41, 5.74) is 1.62. The first-order valence-electron chi connectivity index (χ1n) is 6.47. The van der Waals surface area contributed by atoms with Crippen molar-refractivity contribution >= 4 is 22.8 Å². The predicted molar refractivity (Wildman–Crippen MR) is 71.8 cm³/mol. The molecule has 7 nitrogen and oxygen atoms in total. The Morgan fingerprint density at radius 2 is 2.26 bits per heavy atom. The number of nitrogens with zero attached hydrogens (tertiary/aromatic N) is 3. The Morgan fingerprint density at radius 1 is 1.53 bits per heavy atom.